The van der Waals surface area contributed by atoms with Crippen molar-refractivity contribution >= 4 is 41.6 Å². The smallest absolute Gasteiger partial charge is 0.307 e. The zero-order valence-corrected chi connectivity index (χ0v) is 19.8. The molecule has 0 amide bonds. The third-order valence-corrected chi connectivity index (χ3v) is 9.63. The number of aryl methyl sites for hydroxylation is 1. The van der Waals surface area contributed by atoms with Crippen LogP contribution in [0.15, 0.2) is 57.1 Å². The summed E-state index contributed by atoms with van der Waals surface area (Å²) in [7, 11) is -5.61. The van der Waals surface area contributed by atoms with Crippen molar-refractivity contribution in [3.63, 3.8) is 0 Å². The van der Waals surface area contributed by atoms with Crippen LogP contribution in [0.1, 0.15) is 12.8 Å². The second-order valence-electron chi connectivity index (χ2n) is 7.39. The molecular weight excluding hydrogens is 474 g/mol. The van der Waals surface area contributed by atoms with Gasteiger partial charge >= 0.3 is 4.87 Å². The quantitative estimate of drug-likeness (QED) is 0.474. The van der Waals surface area contributed by atoms with Gasteiger partial charge in [-0.05, 0) is 55.3 Å². The van der Waals surface area contributed by atoms with E-state index in [-0.39, 0.29) is 27.8 Å². The number of hydrogen-bond acceptors (Lipinski definition) is 7. The lowest BCUT2D eigenvalue weighted by atomic mass is 10.3. The molecule has 2 heterocycles. The van der Waals surface area contributed by atoms with Crippen LogP contribution in [0.5, 0.6) is 5.75 Å². The summed E-state index contributed by atoms with van der Waals surface area (Å²) in [6.07, 6.45) is 1.74. The zero-order chi connectivity index (χ0) is 22.9. The number of rotatable bonds is 8. The van der Waals surface area contributed by atoms with Gasteiger partial charge in [0.2, 0.25) is 20.0 Å². The number of nitrogens with zero attached hydrogens (tertiary/aromatic N) is 2. The minimum absolute atomic E-state index is 0.0270. The van der Waals surface area contributed by atoms with E-state index >= 15 is 0 Å². The fourth-order valence-electron chi connectivity index (χ4n) is 3.49. The van der Waals surface area contributed by atoms with Crippen molar-refractivity contribution < 1.29 is 21.6 Å². The third-order valence-electron chi connectivity index (χ3n) is 5.26. The molecule has 1 fully saturated rings. The maximum atomic E-state index is 12.5. The maximum Gasteiger partial charge on any atom is 0.307 e. The first-order valence-electron chi connectivity index (χ1n) is 10.0. The Morgan fingerprint density at radius 1 is 1.00 bits per heavy atom. The second kappa shape index (κ2) is 8.94. The summed E-state index contributed by atoms with van der Waals surface area (Å²) < 4.78 is 61.7. The molecule has 0 bridgehead atoms. The molecule has 0 unspecified atom stereocenters. The Morgan fingerprint density at radius 2 is 1.66 bits per heavy atom. The van der Waals surface area contributed by atoms with Crippen molar-refractivity contribution in [1.29, 1.82) is 0 Å². The SMILES string of the molecule is Cn1c(=O)sc2cc(S(=O)(=O)NCCOc3ccc(S(=O)(=O)N4CCCC4)cc3)ccc21. The molecule has 3 aromatic rings. The normalized spacial score (nSPS) is 15.4. The summed E-state index contributed by atoms with van der Waals surface area (Å²) in [5, 5.41) is 0. The van der Waals surface area contributed by atoms with Crippen molar-refractivity contribution in [2.24, 2.45) is 7.05 Å². The molecule has 0 saturated carbocycles. The third kappa shape index (κ3) is 4.59. The van der Waals surface area contributed by atoms with Crippen LogP contribution >= 0.6 is 11.3 Å². The van der Waals surface area contributed by atoms with Crippen LogP contribution in [0.4, 0.5) is 0 Å². The summed E-state index contributed by atoms with van der Waals surface area (Å²) in [5.41, 5.74) is 0.678. The minimum atomic E-state index is -3.76. The standard InChI is InChI=1S/C20H23N3O6S3/c1-22-18-9-8-17(14-19(18)30-20(22)24)31(25,26)21-10-13-29-15-4-6-16(7-5-15)32(27,28)23-11-2-3-12-23/h4-9,14,21H,2-3,10-13H2,1H3. The van der Waals surface area contributed by atoms with Gasteiger partial charge in [0.1, 0.15) is 12.4 Å². The van der Waals surface area contributed by atoms with Gasteiger partial charge in [0.05, 0.1) is 20.0 Å². The highest BCUT2D eigenvalue weighted by Crippen LogP contribution is 2.23. The Kier molecular flexibility index (Phi) is 6.41. The van der Waals surface area contributed by atoms with Crippen LogP contribution in [0.25, 0.3) is 10.2 Å². The van der Waals surface area contributed by atoms with E-state index in [9.17, 15) is 21.6 Å². The van der Waals surface area contributed by atoms with E-state index in [0.717, 1.165) is 24.2 Å². The molecule has 0 aliphatic carbocycles. The molecule has 9 nitrogen and oxygen atoms in total. The summed E-state index contributed by atoms with van der Waals surface area (Å²) in [4.78, 5) is 11.9. The summed E-state index contributed by atoms with van der Waals surface area (Å²) in [6, 6.07) is 10.6. The number of sulfonamides is 2. The highest BCUT2D eigenvalue weighted by molar-refractivity contribution is 7.89. The number of fused-ring (bicyclic) bond motifs is 1. The number of nitrogens with one attached hydrogen (secondary N) is 1. The molecule has 1 aliphatic rings. The minimum Gasteiger partial charge on any atom is -0.492 e. The number of ether oxygens (including phenoxy) is 1. The zero-order valence-electron chi connectivity index (χ0n) is 17.4. The molecule has 2 aromatic carbocycles. The van der Waals surface area contributed by atoms with Gasteiger partial charge in [-0.25, -0.2) is 21.6 Å². The van der Waals surface area contributed by atoms with Crippen molar-refractivity contribution in [1.82, 2.24) is 13.6 Å². The predicted octanol–water partition coefficient (Wildman–Crippen LogP) is 1.74. The van der Waals surface area contributed by atoms with Crippen molar-refractivity contribution in [3.8, 4) is 5.75 Å². The van der Waals surface area contributed by atoms with Gasteiger partial charge in [-0.15, -0.1) is 0 Å². The molecular formula is C20H23N3O6S3. The van der Waals surface area contributed by atoms with Crippen LogP contribution in [0.2, 0.25) is 0 Å². The lowest BCUT2D eigenvalue weighted by molar-refractivity contribution is 0.322. The highest BCUT2D eigenvalue weighted by atomic mass is 32.2. The molecule has 0 radical (unpaired) electrons. The molecule has 12 heteroatoms. The van der Waals surface area contributed by atoms with Crippen molar-refractivity contribution in [2.45, 2.75) is 22.6 Å². The van der Waals surface area contributed by atoms with Crippen molar-refractivity contribution in [3.05, 3.63) is 52.1 Å². The summed E-state index contributed by atoms with van der Waals surface area (Å²) in [6.45, 7) is 1.17. The van der Waals surface area contributed by atoms with Gasteiger partial charge in [0.15, 0.2) is 0 Å². The molecule has 4 rings (SSSR count). The average Bonchev–Trinajstić information content (AvgIpc) is 3.41. The molecule has 1 aliphatic heterocycles. The van der Waals surface area contributed by atoms with Gasteiger partial charge in [-0.2, -0.15) is 4.31 Å². The van der Waals surface area contributed by atoms with E-state index in [1.54, 1.807) is 25.2 Å². The summed E-state index contributed by atoms with van der Waals surface area (Å²) in [5.74, 6) is 0.444. The van der Waals surface area contributed by atoms with Crippen LogP contribution in [-0.2, 0) is 27.1 Å². The Hall–Kier alpha value is -2.25. The van der Waals surface area contributed by atoms with Crippen molar-refractivity contribution in [2.75, 3.05) is 26.2 Å². The molecule has 1 aromatic heterocycles. The molecule has 172 valence electrons. The predicted molar refractivity (Wildman–Crippen MR) is 122 cm³/mol. The fraction of sp³-hybridized carbons (Fsp3) is 0.350. The van der Waals surface area contributed by atoms with Gasteiger partial charge in [-0.1, -0.05) is 11.3 Å². The van der Waals surface area contributed by atoms with Gasteiger partial charge in [-0.3, -0.25) is 4.79 Å². The average molecular weight is 498 g/mol. The topological polar surface area (TPSA) is 115 Å². The Bertz CT molecular complexity index is 1390. The Balaban J connectivity index is 1.34. The summed E-state index contributed by atoms with van der Waals surface area (Å²) >= 11 is 0.990. The molecule has 32 heavy (non-hydrogen) atoms. The largest absolute Gasteiger partial charge is 0.492 e. The van der Waals surface area contributed by atoms with E-state index in [1.165, 1.54) is 33.1 Å². The first-order chi connectivity index (χ1) is 15.2. The monoisotopic (exact) mass is 497 g/mol. The van der Waals surface area contributed by atoms with E-state index < -0.39 is 20.0 Å². The van der Waals surface area contributed by atoms with E-state index in [2.05, 4.69) is 4.72 Å². The molecule has 0 atom stereocenters. The molecule has 1 saturated heterocycles. The number of hydrogen-bond donors (Lipinski definition) is 1. The van der Waals surface area contributed by atoms with Crippen LogP contribution in [0.3, 0.4) is 0 Å². The fourth-order valence-corrected chi connectivity index (χ4v) is 7.04. The number of benzene rings is 2. The van der Waals surface area contributed by atoms with Gasteiger partial charge in [0.25, 0.3) is 0 Å². The van der Waals surface area contributed by atoms with Gasteiger partial charge < -0.3 is 9.30 Å². The lowest BCUT2D eigenvalue weighted by Crippen LogP contribution is -2.28. The van der Waals surface area contributed by atoms with E-state index in [1.807, 2.05) is 0 Å². The van der Waals surface area contributed by atoms with E-state index in [0.29, 0.717) is 29.1 Å². The Labute approximate surface area is 190 Å². The van der Waals surface area contributed by atoms with Gasteiger partial charge in [0, 0.05) is 26.7 Å². The first-order valence-corrected chi connectivity index (χ1v) is 13.7. The maximum absolute atomic E-state index is 12.5. The van der Waals surface area contributed by atoms with Crippen LogP contribution in [-0.4, -0.2) is 51.9 Å². The number of aromatic nitrogens is 1. The Morgan fingerprint density at radius 3 is 2.34 bits per heavy atom. The first kappa shape index (κ1) is 22.9. The molecule has 0 spiro atoms. The second-order valence-corrected chi connectivity index (χ2v) is 12.1. The lowest BCUT2D eigenvalue weighted by Gasteiger charge is -2.15. The molecule has 1 N–H and O–H groups in total. The number of thiazole rings is 1. The van der Waals surface area contributed by atoms with Crippen LogP contribution < -0.4 is 14.3 Å². The van der Waals surface area contributed by atoms with Crippen LogP contribution in [0, 0.1) is 0 Å². The van der Waals surface area contributed by atoms with E-state index in [4.69, 9.17) is 4.74 Å². The highest BCUT2D eigenvalue weighted by Gasteiger charge is 2.27.